The molecule has 4 rings (SSSR count). The Morgan fingerprint density at radius 3 is 2.88 bits per heavy atom. The number of carbonyl (C=O) groups excluding carboxylic acids is 1. The molecule has 8 heteroatoms. The minimum Gasteiger partial charge on any atom is -0.480 e. The van der Waals surface area contributed by atoms with Gasteiger partial charge in [0.15, 0.2) is 0 Å². The summed E-state index contributed by atoms with van der Waals surface area (Å²) in [5.74, 6) is -0.714. The molecule has 0 bridgehead atoms. The Hall–Kier alpha value is -2.35. The van der Waals surface area contributed by atoms with Gasteiger partial charge in [-0.3, -0.25) is 14.8 Å². The largest absolute Gasteiger partial charge is 0.480 e. The number of hydrogen-bond donors (Lipinski definition) is 1. The number of thiazole rings is 1. The van der Waals surface area contributed by atoms with Crippen molar-refractivity contribution in [3.05, 3.63) is 29.7 Å². The lowest BCUT2D eigenvalue weighted by molar-refractivity contribution is -0.149. The summed E-state index contributed by atoms with van der Waals surface area (Å²) in [7, 11) is 0. The van der Waals surface area contributed by atoms with Crippen LogP contribution >= 0.6 is 11.3 Å². The molecule has 1 saturated heterocycles. The van der Waals surface area contributed by atoms with Crippen LogP contribution in [0.4, 0.5) is 0 Å². The van der Waals surface area contributed by atoms with E-state index in [1.807, 2.05) is 5.38 Å². The molecule has 0 radical (unpaired) electrons. The molecule has 0 aromatic carbocycles. The monoisotopic (exact) mass is 372 g/mol. The predicted octanol–water partition coefficient (Wildman–Crippen LogP) is 2.39. The summed E-state index contributed by atoms with van der Waals surface area (Å²) in [4.78, 5) is 39.0. The van der Waals surface area contributed by atoms with Crippen molar-refractivity contribution in [3.63, 3.8) is 0 Å². The number of nitrogens with zero attached hydrogens (tertiary/aromatic N) is 4. The number of likely N-dealkylation sites (tertiary alicyclic amines) is 1. The zero-order chi connectivity index (χ0) is 18.1. The molecule has 26 heavy (non-hydrogen) atoms. The molecule has 2 aromatic rings. The van der Waals surface area contributed by atoms with Gasteiger partial charge in [0.05, 0.1) is 18.3 Å². The van der Waals surface area contributed by atoms with Crippen molar-refractivity contribution in [2.75, 3.05) is 0 Å². The fourth-order valence-electron chi connectivity index (χ4n) is 4.20. The minimum absolute atomic E-state index is 0.0652. The zero-order valence-electron chi connectivity index (χ0n) is 14.2. The van der Waals surface area contributed by atoms with Gasteiger partial charge in [0.2, 0.25) is 5.91 Å². The smallest absolute Gasteiger partial charge is 0.326 e. The average molecular weight is 372 g/mol. The molecule has 7 nitrogen and oxygen atoms in total. The molecule has 2 aromatic heterocycles. The summed E-state index contributed by atoms with van der Waals surface area (Å²) < 4.78 is 0. The Labute approximate surface area is 155 Å². The molecule has 1 amide bonds. The fraction of sp³-hybridized carbons (Fsp3) is 0.500. The molecule has 1 aliphatic carbocycles. The molecule has 1 N–H and O–H groups in total. The first-order valence-electron chi connectivity index (χ1n) is 8.88. The van der Waals surface area contributed by atoms with Crippen LogP contribution in [0.5, 0.6) is 0 Å². The normalized spacial score (nSPS) is 25.1. The van der Waals surface area contributed by atoms with Crippen LogP contribution < -0.4 is 0 Å². The maximum Gasteiger partial charge on any atom is 0.326 e. The Bertz CT molecular complexity index is 810. The van der Waals surface area contributed by atoms with Crippen molar-refractivity contribution < 1.29 is 14.7 Å². The molecule has 1 aliphatic heterocycles. The lowest BCUT2D eigenvalue weighted by Gasteiger charge is -2.32. The summed E-state index contributed by atoms with van der Waals surface area (Å²) in [6.07, 6.45) is 9.66. The first-order chi connectivity index (χ1) is 12.6. The molecular formula is C18H20N4O3S. The first-order valence-corrected chi connectivity index (χ1v) is 9.76. The van der Waals surface area contributed by atoms with Gasteiger partial charge < -0.3 is 10.0 Å². The first kappa shape index (κ1) is 17.1. The van der Waals surface area contributed by atoms with E-state index >= 15 is 0 Å². The van der Waals surface area contributed by atoms with E-state index in [9.17, 15) is 14.7 Å². The van der Waals surface area contributed by atoms with Crippen molar-refractivity contribution in [2.45, 2.75) is 50.6 Å². The lowest BCUT2D eigenvalue weighted by atomic mass is 9.84. The zero-order valence-corrected chi connectivity index (χ0v) is 15.1. The standard InChI is InChI=1S/C18H20N4O3S/c23-16(8-12-10-26-17(21-12)13-9-19-5-6-20-13)22-14-4-2-1-3-11(14)7-15(22)18(24)25/h5-6,9-11,14-15H,1-4,7-8H2,(H,24,25)/t11-,14-,15+/m1/s1. The van der Waals surface area contributed by atoms with Gasteiger partial charge >= 0.3 is 5.97 Å². The molecule has 136 valence electrons. The SMILES string of the molecule is O=C(O)[C@@H]1C[C@H]2CCCC[C@H]2N1C(=O)Cc1csc(-c2cnccn2)n1. The second-order valence-corrected chi connectivity index (χ2v) is 7.77. The third kappa shape index (κ3) is 3.21. The number of fused-ring (bicyclic) bond motifs is 1. The van der Waals surface area contributed by atoms with Crippen LogP contribution in [0.25, 0.3) is 10.7 Å². The second kappa shape index (κ2) is 7.11. The molecule has 1 saturated carbocycles. The van der Waals surface area contributed by atoms with Gasteiger partial charge in [0.25, 0.3) is 0 Å². The number of hydrogen-bond acceptors (Lipinski definition) is 6. The highest BCUT2D eigenvalue weighted by Gasteiger charge is 2.47. The van der Waals surface area contributed by atoms with Gasteiger partial charge in [-0.05, 0) is 25.2 Å². The van der Waals surface area contributed by atoms with Crippen molar-refractivity contribution in [1.82, 2.24) is 19.9 Å². The lowest BCUT2D eigenvalue weighted by Crippen LogP contribution is -2.46. The Morgan fingerprint density at radius 2 is 2.12 bits per heavy atom. The number of carboxylic acids is 1. The number of carbonyl (C=O) groups is 2. The van der Waals surface area contributed by atoms with E-state index in [1.165, 1.54) is 11.3 Å². The summed E-state index contributed by atoms with van der Waals surface area (Å²) in [6.45, 7) is 0. The third-order valence-electron chi connectivity index (χ3n) is 5.33. The molecule has 2 aliphatic rings. The van der Waals surface area contributed by atoms with Gasteiger partial charge in [-0.2, -0.15) is 0 Å². The molecule has 0 unspecified atom stereocenters. The predicted molar refractivity (Wildman–Crippen MR) is 95.5 cm³/mol. The van der Waals surface area contributed by atoms with Gasteiger partial charge in [-0.25, -0.2) is 9.78 Å². The summed E-state index contributed by atoms with van der Waals surface area (Å²) >= 11 is 1.42. The van der Waals surface area contributed by atoms with Crippen LogP contribution in [-0.4, -0.2) is 48.9 Å². The van der Waals surface area contributed by atoms with Crippen molar-refractivity contribution in [1.29, 1.82) is 0 Å². The Kier molecular flexibility index (Phi) is 4.67. The molecular weight excluding hydrogens is 352 g/mol. The van der Waals surface area contributed by atoms with Crippen LogP contribution in [0.1, 0.15) is 37.8 Å². The maximum atomic E-state index is 12.9. The van der Waals surface area contributed by atoms with Crippen LogP contribution in [-0.2, 0) is 16.0 Å². The van der Waals surface area contributed by atoms with Crippen LogP contribution in [0, 0.1) is 5.92 Å². The second-order valence-electron chi connectivity index (χ2n) is 6.91. The van der Waals surface area contributed by atoms with Gasteiger partial charge in [0.1, 0.15) is 16.7 Å². The summed E-state index contributed by atoms with van der Waals surface area (Å²) in [6, 6.07) is -0.635. The van der Waals surface area contributed by atoms with E-state index in [2.05, 4.69) is 15.0 Å². The maximum absolute atomic E-state index is 12.9. The molecule has 0 spiro atoms. The number of aromatic nitrogens is 3. The van der Waals surface area contributed by atoms with Crippen LogP contribution in [0.2, 0.25) is 0 Å². The highest BCUT2D eigenvalue weighted by Crippen LogP contribution is 2.40. The van der Waals surface area contributed by atoms with Crippen LogP contribution in [0.3, 0.4) is 0 Å². The van der Waals surface area contributed by atoms with Crippen molar-refractivity contribution >= 4 is 23.2 Å². The van der Waals surface area contributed by atoms with Gasteiger partial charge in [-0.15, -0.1) is 11.3 Å². The number of rotatable bonds is 4. The van der Waals surface area contributed by atoms with Crippen molar-refractivity contribution in [3.8, 4) is 10.7 Å². The molecule has 3 atom stereocenters. The number of aliphatic carboxylic acids is 1. The Morgan fingerprint density at radius 1 is 1.27 bits per heavy atom. The minimum atomic E-state index is -0.897. The van der Waals surface area contributed by atoms with Gasteiger partial charge in [-0.1, -0.05) is 12.8 Å². The third-order valence-corrected chi connectivity index (χ3v) is 6.24. The van der Waals surface area contributed by atoms with E-state index in [0.717, 1.165) is 25.7 Å². The fourth-order valence-corrected chi connectivity index (χ4v) is 4.98. The van der Waals surface area contributed by atoms with Gasteiger partial charge in [0, 0.05) is 23.8 Å². The topological polar surface area (TPSA) is 96.3 Å². The highest BCUT2D eigenvalue weighted by atomic mass is 32.1. The number of carboxylic acid groups (broad SMARTS) is 1. The van der Waals surface area contributed by atoms with Crippen LogP contribution in [0.15, 0.2) is 24.0 Å². The van der Waals surface area contributed by atoms with E-state index in [1.54, 1.807) is 23.5 Å². The molecule has 2 fully saturated rings. The summed E-state index contributed by atoms with van der Waals surface area (Å²) in [5, 5.41) is 12.1. The van der Waals surface area contributed by atoms with E-state index < -0.39 is 12.0 Å². The van der Waals surface area contributed by atoms with Crippen molar-refractivity contribution in [2.24, 2.45) is 5.92 Å². The van der Waals surface area contributed by atoms with E-state index in [4.69, 9.17) is 0 Å². The van der Waals surface area contributed by atoms with E-state index in [0.29, 0.717) is 28.7 Å². The quantitative estimate of drug-likeness (QED) is 0.885. The highest BCUT2D eigenvalue weighted by molar-refractivity contribution is 7.13. The summed E-state index contributed by atoms with van der Waals surface area (Å²) in [5.41, 5.74) is 1.33. The Balaban J connectivity index is 1.52. The molecule has 3 heterocycles. The van der Waals surface area contributed by atoms with E-state index in [-0.39, 0.29) is 18.4 Å². The number of amides is 1. The average Bonchev–Trinajstić information content (AvgIpc) is 3.27.